The first-order chi connectivity index (χ1) is 6.27. The molecule has 0 amide bonds. The summed E-state index contributed by atoms with van der Waals surface area (Å²) in [5.74, 6) is 5.49. The molecule has 1 aromatic rings. The van der Waals surface area contributed by atoms with E-state index in [1.165, 1.54) is 22.2 Å². The van der Waals surface area contributed by atoms with Gasteiger partial charge in [-0.25, -0.2) is 0 Å². The molecule has 0 aromatic carbocycles. The van der Waals surface area contributed by atoms with E-state index in [4.69, 9.17) is 5.84 Å². The van der Waals surface area contributed by atoms with Crippen LogP contribution in [-0.2, 0) is 0 Å². The van der Waals surface area contributed by atoms with Gasteiger partial charge in [-0.3, -0.25) is 11.3 Å². The highest BCUT2D eigenvalue weighted by Crippen LogP contribution is 2.27. The zero-order valence-electron chi connectivity index (χ0n) is 7.72. The summed E-state index contributed by atoms with van der Waals surface area (Å²) in [5, 5.41) is 2.14. The summed E-state index contributed by atoms with van der Waals surface area (Å²) < 4.78 is 1.17. The fraction of sp³-hybridized carbons (Fsp3) is 0.556. The molecule has 3 N–H and O–H groups in total. The Bertz CT molecular complexity index is 250. The molecule has 2 nitrogen and oxygen atoms in total. The van der Waals surface area contributed by atoms with Gasteiger partial charge in [0.05, 0.1) is 3.79 Å². The highest BCUT2D eigenvalue weighted by atomic mass is 79.9. The number of nitrogens with one attached hydrogen (secondary N) is 1. The number of thiophene rings is 1. The summed E-state index contributed by atoms with van der Waals surface area (Å²) in [5.41, 5.74) is 4.14. The molecule has 1 heterocycles. The molecule has 0 fully saturated rings. The van der Waals surface area contributed by atoms with E-state index in [1.807, 2.05) is 0 Å². The van der Waals surface area contributed by atoms with E-state index >= 15 is 0 Å². The maximum atomic E-state index is 5.49. The molecular weight excluding hydrogens is 248 g/mol. The number of rotatable bonds is 5. The molecule has 0 saturated carbocycles. The molecule has 0 aliphatic heterocycles. The Labute approximate surface area is 91.6 Å². The van der Waals surface area contributed by atoms with Crippen molar-refractivity contribution >= 4 is 27.3 Å². The molecule has 0 spiro atoms. The van der Waals surface area contributed by atoms with Crippen LogP contribution in [0.5, 0.6) is 0 Å². The molecule has 4 heteroatoms. The first kappa shape index (κ1) is 11.2. The van der Waals surface area contributed by atoms with E-state index in [-0.39, 0.29) is 0 Å². The third kappa shape index (κ3) is 3.38. The van der Waals surface area contributed by atoms with Crippen LogP contribution in [0.4, 0.5) is 0 Å². The summed E-state index contributed by atoms with van der Waals surface area (Å²) in [6.07, 6.45) is 3.53. The standard InChI is InChI=1S/C9H15BrN2S/c1-2-3-4-8(12-11)7-5-9(10)13-6-7/h5-6,8,12H,2-4,11H2,1H3. The highest BCUT2D eigenvalue weighted by molar-refractivity contribution is 9.11. The number of halogens is 1. The Balaban J connectivity index is 2.56. The summed E-state index contributed by atoms with van der Waals surface area (Å²) in [7, 11) is 0. The number of hydrazine groups is 1. The van der Waals surface area contributed by atoms with Gasteiger partial charge in [0, 0.05) is 6.04 Å². The van der Waals surface area contributed by atoms with E-state index in [1.54, 1.807) is 11.3 Å². The Morgan fingerprint density at radius 1 is 1.69 bits per heavy atom. The van der Waals surface area contributed by atoms with Crippen LogP contribution in [0.15, 0.2) is 15.2 Å². The second-order valence-electron chi connectivity index (χ2n) is 3.05. The molecule has 0 bridgehead atoms. The molecule has 0 aliphatic rings. The zero-order valence-corrected chi connectivity index (χ0v) is 10.1. The molecule has 0 saturated heterocycles. The van der Waals surface area contributed by atoms with Gasteiger partial charge in [0.1, 0.15) is 0 Å². The monoisotopic (exact) mass is 262 g/mol. The van der Waals surface area contributed by atoms with Gasteiger partial charge in [-0.1, -0.05) is 19.8 Å². The maximum absolute atomic E-state index is 5.49. The van der Waals surface area contributed by atoms with Gasteiger partial charge in [-0.2, -0.15) is 0 Å². The Kier molecular flexibility index (Phi) is 4.94. The molecule has 1 atom stereocenters. The van der Waals surface area contributed by atoms with Crippen molar-refractivity contribution in [1.82, 2.24) is 5.43 Å². The van der Waals surface area contributed by atoms with Crippen molar-refractivity contribution in [3.05, 3.63) is 20.8 Å². The number of hydrogen-bond donors (Lipinski definition) is 2. The quantitative estimate of drug-likeness (QED) is 0.632. The molecular formula is C9H15BrN2S. The minimum absolute atomic E-state index is 0.308. The number of nitrogens with two attached hydrogens (primary N) is 1. The van der Waals surface area contributed by atoms with Gasteiger partial charge < -0.3 is 0 Å². The zero-order chi connectivity index (χ0) is 9.68. The summed E-state index contributed by atoms with van der Waals surface area (Å²) in [4.78, 5) is 0. The topological polar surface area (TPSA) is 38.0 Å². The second-order valence-corrected chi connectivity index (χ2v) is 5.34. The molecule has 0 radical (unpaired) electrons. The predicted molar refractivity (Wildman–Crippen MR) is 61.6 cm³/mol. The largest absolute Gasteiger partial charge is 0.271 e. The van der Waals surface area contributed by atoms with Crippen molar-refractivity contribution in [2.24, 2.45) is 5.84 Å². The number of unbranched alkanes of at least 4 members (excludes halogenated alkanes) is 1. The van der Waals surface area contributed by atoms with E-state index in [2.05, 4.69) is 39.7 Å². The summed E-state index contributed by atoms with van der Waals surface area (Å²) in [6.45, 7) is 2.19. The summed E-state index contributed by atoms with van der Waals surface area (Å²) in [6, 6.07) is 2.44. The van der Waals surface area contributed by atoms with Crippen LogP contribution in [0.3, 0.4) is 0 Å². The molecule has 13 heavy (non-hydrogen) atoms. The van der Waals surface area contributed by atoms with Gasteiger partial charge in [0.15, 0.2) is 0 Å². The Morgan fingerprint density at radius 3 is 2.92 bits per heavy atom. The van der Waals surface area contributed by atoms with Crippen LogP contribution >= 0.6 is 27.3 Å². The first-order valence-corrected chi connectivity index (χ1v) is 6.15. The first-order valence-electron chi connectivity index (χ1n) is 4.48. The van der Waals surface area contributed by atoms with Crippen LogP contribution in [0.1, 0.15) is 37.8 Å². The second kappa shape index (κ2) is 5.75. The minimum atomic E-state index is 0.308. The SMILES string of the molecule is CCCCC(NN)c1csc(Br)c1. The average Bonchev–Trinajstić information content (AvgIpc) is 2.54. The van der Waals surface area contributed by atoms with E-state index in [0.29, 0.717) is 6.04 Å². The average molecular weight is 263 g/mol. The third-order valence-electron chi connectivity index (χ3n) is 2.04. The summed E-state index contributed by atoms with van der Waals surface area (Å²) >= 11 is 5.15. The fourth-order valence-corrected chi connectivity index (χ4v) is 2.49. The van der Waals surface area contributed by atoms with Gasteiger partial charge in [-0.15, -0.1) is 11.3 Å². The van der Waals surface area contributed by atoms with Crippen LogP contribution in [-0.4, -0.2) is 0 Å². The smallest absolute Gasteiger partial charge is 0.0701 e. The third-order valence-corrected chi connectivity index (χ3v) is 3.56. The molecule has 0 aliphatic carbocycles. The molecule has 74 valence electrons. The fourth-order valence-electron chi connectivity index (χ4n) is 1.26. The molecule has 1 aromatic heterocycles. The maximum Gasteiger partial charge on any atom is 0.0701 e. The van der Waals surface area contributed by atoms with Crippen molar-refractivity contribution in [3.8, 4) is 0 Å². The van der Waals surface area contributed by atoms with E-state index < -0.39 is 0 Å². The highest BCUT2D eigenvalue weighted by Gasteiger charge is 2.10. The van der Waals surface area contributed by atoms with Crippen molar-refractivity contribution in [2.45, 2.75) is 32.2 Å². The van der Waals surface area contributed by atoms with Crippen molar-refractivity contribution < 1.29 is 0 Å². The van der Waals surface area contributed by atoms with Crippen LogP contribution in [0, 0.1) is 0 Å². The normalized spacial score (nSPS) is 13.2. The van der Waals surface area contributed by atoms with Gasteiger partial charge in [0.2, 0.25) is 0 Å². The van der Waals surface area contributed by atoms with E-state index in [0.717, 1.165) is 6.42 Å². The van der Waals surface area contributed by atoms with Crippen LogP contribution in [0.25, 0.3) is 0 Å². The minimum Gasteiger partial charge on any atom is -0.271 e. The molecule has 1 unspecified atom stereocenters. The van der Waals surface area contributed by atoms with Crippen LogP contribution < -0.4 is 11.3 Å². The predicted octanol–water partition coefficient (Wildman–Crippen LogP) is 3.21. The number of hydrogen-bond acceptors (Lipinski definition) is 3. The van der Waals surface area contributed by atoms with Gasteiger partial charge in [-0.05, 0) is 39.4 Å². The van der Waals surface area contributed by atoms with Crippen molar-refractivity contribution in [1.29, 1.82) is 0 Å². The lowest BCUT2D eigenvalue weighted by molar-refractivity contribution is 0.496. The lowest BCUT2D eigenvalue weighted by atomic mass is 10.1. The Morgan fingerprint density at radius 2 is 2.46 bits per heavy atom. The van der Waals surface area contributed by atoms with Crippen molar-refractivity contribution in [2.75, 3.05) is 0 Å². The van der Waals surface area contributed by atoms with Gasteiger partial charge >= 0.3 is 0 Å². The Hall–Kier alpha value is 0.100. The molecule has 1 rings (SSSR count). The van der Waals surface area contributed by atoms with E-state index in [9.17, 15) is 0 Å². The lowest BCUT2D eigenvalue weighted by Gasteiger charge is -2.13. The van der Waals surface area contributed by atoms with Crippen LogP contribution in [0.2, 0.25) is 0 Å². The lowest BCUT2D eigenvalue weighted by Crippen LogP contribution is -2.27. The van der Waals surface area contributed by atoms with Gasteiger partial charge in [0.25, 0.3) is 0 Å². The van der Waals surface area contributed by atoms with Crippen molar-refractivity contribution in [3.63, 3.8) is 0 Å².